The summed E-state index contributed by atoms with van der Waals surface area (Å²) < 4.78 is 25.5. The molecular formula is C17H15ClO4S. The first-order chi connectivity index (χ1) is 10.8. The highest BCUT2D eigenvalue weighted by Crippen LogP contribution is 2.54. The van der Waals surface area contributed by atoms with Gasteiger partial charge in [-0.3, -0.25) is 4.79 Å². The lowest BCUT2D eigenvalue weighted by Crippen LogP contribution is -2.13. The van der Waals surface area contributed by atoms with Crippen molar-refractivity contribution in [3.05, 3.63) is 64.7 Å². The molecule has 0 amide bonds. The first-order valence-electron chi connectivity index (χ1n) is 7.11. The Morgan fingerprint density at radius 3 is 2.13 bits per heavy atom. The molecule has 1 N–H and O–H groups in total. The highest BCUT2D eigenvalue weighted by molar-refractivity contribution is 7.92. The number of halogens is 1. The second-order valence-electron chi connectivity index (χ2n) is 5.76. The van der Waals surface area contributed by atoms with Crippen molar-refractivity contribution in [3.8, 4) is 0 Å². The Balaban J connectivity index is 1.98. The van der Waals surface area contributed by atoms with Crippen molar-refractivity contribution in [1.82, 2.24) is 0 Å². The molecule has 0 aromatic heterocycles. The first kappa shape index (κ1) is 16.0. The molecule has 1 saturated carbocycles. The van der Waals surface area contributed by atoms with Crippen LogP contribution in [-0.2, 0) is 14.6 Å². The van der Waals surface area contributed by atoms with E-state index in [-0.39, 0.29) is 4.90 Å². The van der Waals surface area contributed by atoms with E-state index in [0.29, 0.717) is 5.02 Å². The van der Waals surface area contributed by atoms with Gasteiger partial charge < -0.3 is 5.11 Å². The number of aliphatic carboxylic acids is 1. The number of carboxylic acid groups (broad SMARTS) is 1. The van der Waals surface area contributed by atoms with Crippen LogP contribution in [0.4, 0.5) is 0 Å². The molecule has 120 valence electrons. The monoisotopic (exact) mass is 350 g/mol. The van der Waals surface area contributed by atoms with Crippen LogP contribution in [0.25, 0.3) is 0 Å². The normalized spacial score (nSPS) is 23.5. The molecule has 23 heavy (non-hydrogen) atoms. The number of benzene rings is 2. The highest BCUT2D eigenvalue weighted by atomic mass is 35.5. The third-order valence-corrected chi connectivity index (χ3v) is 6.69. The van der Waals surface area contributed by atoms with E-state index >= 15 is 0 Å². The second kappa shape index (κ2) is 5.65. The van der Waals surface area contributed by atoms with Gasteiger partial charge in [0.15, 0.2) is 9.84 Å². The Labute approximate surface area is 139 Å². The lowest BCUT2D eigenvalue weighted by molar-refractivity contribution is -0.138. The quantitative estimate of drug-likeness (QED) is 0.918. The Hall–Kier alpha value is -1.85. The smallest absolute Gasteiger partial charge is 0.308 e. The second-order valence-corrected chi connectivity index (χ2v) is 8.31. The van der Waals surface area contributed by atoms with Gasteiger partial charge in [-0.25, -0.2) is 8.42 Å². The molecule has 4 nitrogen and oxygen atoms in total. The minimum Gasteiger partial charge on any atom is -0.481 e. The summed E-state index contributed by atoms with van der Waals surface area (Å²) in [5.41, 5.74) is 1.78. The Morgan fingerprint density at radius 2 is 1.61 bits per heavy atom. The molecule has 3 atom stereocenters. The van der Waals surface area contributed by atoms with E-state index in [4.69, 9.17) is 11.6 Å². The van der Waals surface area contributed by atoms with Gasteiger partial charge in [0.25, 0.3) is 0 Å². The summed E-state index contributed by atoms with van der Waals surface area (Å²) in [6.45, 7) is 1.92. The number of aryl methyl sites for hydroxylation is 1. The molecule has 0 heterocycles. The largest absolute Gasteiger partial charge is 0.481 e. The van der Waals surface area contributed by atoms with Crippen LogP contribution in [0, 0.1) is 12.8 Å². The highest BCUT2D eigenvalue weighted by Gasteiger charge is 2.63. The van der Waals surface area contributed by atoms with Gasteiger partial charge in [-0.15, -0.1) is 0 Å². The number of carboxylic acids is 1. The third kappa shape index (κ3) is 2.86. The predicted molar refractivity (Wildman–Crippen MR) is 87.5 cm³/mol. The van der Waals surface area contributed by atoms with Crippen LogP contribution in [0.3, 0.4) is 0 Å². The molecule has 2 aromatic carbocycles. The minimum absolute atomic E-state index is 0.104. The van der Waals surface area contributed by atoms with E-state index in [2.05, 4.69) is 0 Å². The Bertz CT molecular complexity index is 841. The number of rotatable bonds is 4. The zero-order valence-corrected chi connectivity index (χ0v) is 13.9. The van der Waals surface area contributed by atoms with Crippen LogP contribution < -0.4 is 0 Å². The van der Waals surface area contributed by atoms with Crippen molar-refractivity contribution in [2.75, 3.05) is 0 Å². The van der Waals surface area contributed by atoms with Gasteiger partial charge >= 0.3 is 5.97 Å². The molecule has 0 aliphatic heterocycles. The van der Waals surface area contributed by atoms with E-state index in [1.165, 1.54) is 24.3 Å². The van der Waals surface area contributed by atoms with E-state index in [0.717, 1.165) is 11.1 Å². The lowest BCUT2D eigenvalue weighted by Gasteiger charge is -2.04. The molecule has 1 fully saturated rings. The average molecular weight is 351 g/mol. The van der Waals surface area contributed by atoms with E-state index < -0.39 is 32.9 Å². The summed E-state index contributed by atoms with van der Waals surface area (Å²) in [4.78, 5) is 11.6. The fourth-order valence-electron chi connectivity index (χ4n) is 2.93. The summed E-state index contributed by atoms with van der Waals surface area (Å²) in [7, 11) is -3.72. The van der Waals surface area contributed by atoms with Gasteiger partial charge in [0, 0.05) is 10.9 Å². The molecule has 0 spiro atoms. The number of hydrogen-bond donors (Lipinski definition) is 1. The van der Waals surface area contributed by atoms with Crippen molar-refractivity contribution in [3.63, 3.8) is 0 Å². The molecule has 0 unspecified atom stereocenters. The number of carbonyl (C=O) groups is 1. The van der Waals surface area contributed by atoms with Crippen molar-refractivity contribution in [2.24, 2.45) is 5.92 Å². The molecule has 1 aliphatic carbocycles. The van der Waals surface area contributed by atoms with Crippen LogP contribution in [0.2, 0.25) is 5.02 Å². The minimum atomic E-state index is -3.72. The topological polar surface area (TPSA) is 71.4 Å². The molecule has 0 saturated heterocycles. The third-order valence-electron chi connectivity index (χ3n) is 4.20. The average Bonchev–Trinajstić information content (AvgIpc) is 3.25. The maximum Gasteiger partial charge on any atom is 0.308 e. The summed E-state index contributed by atoms with van der Waals surface area (Å²) in [5.74, 6) is -2.52. The molecule has 6 heteroatoms. The van der Waals surface area contributed by atoms with Crippen LogP contribution in [0.5, 0.6) is 0 Å². The molecule has 2 aromatic rings. The van der Waals surface area contributed by atoms with E-state index in [1.807, 2.05) is 19.1 Å². The molecule has 3 rings (SSSR count). The van der Waals surface area contributed by atoms with E-state index in [1.54, 1.807) is 12.1 Å². The maximum absolute atomic E-state index is 12.8. The van der Waals surface area contributed by atoms with Crippen molar-refractivity contribution in [1.29, 1.82) is 0 Å². The first-order valence-corrected chi connectivity index (χ1v) is 9.03. The molecule has 1 aliphatic rings. The number of sulfone groups is 1. The van der Waals surface area contributed by atoms with E-state index in [9.17, 15) is 18.3 Å². The van der Waals surface area contributed by atoms with Crippen LogP contribution >= 0.6 is 11.6 Å². The fourth-order valence-corrected chi connectivity index (χ4v) is 5.18. The van der Waals surface area contributed by atoms with Crippen molar-refractivity contribution < 1.29 is 18.3 Å². The van der Waals surface area contributed by atoms with Crippen molar-refractivity contribution >= 4 is 27.4 Å². The molecular weight excluding hydrogens is 336 g/mol. The SMILES string of the molecule is Cc1ccc([C@@H]2[C@H](C(=O)O)[C@@H]2S(=O)(=O)c2ccc(Cl)cc2)cc1. The summed E-state index contributed by atoms with van der Waals surface area (Å²) in [6.07, 6.45) is 0. The Kier molecular flexibility index (Phi) is 3.94. The van der Waals surface area contributed by atoms with Gasteiger partial charge in [-0.05, 0) is 36.8 Å². The fraction of sp³-hybridized carbons (Fsp3) is 0.235. The van der Waals surface area contributed by atoms with Crippen molar-refractivity contribution in [2.45, 2.75) is 23.0 Å². The van der Waals surface area contributed by atoms with Gasteiger partial charge in [0.1, 0.15) is 0 Å². The standard InChI is InChI=1S/C17H15ClO4S/c1-10-2-4-11(5-3-10)14-15(17(19)20)16(14)23(21,22)13-8-6-12(18)7-9-13/h2-9,14-16H,1H3,(H,19,20)/t14-,15+,16-/m1/s1. The summed E-state index contributed by atoms with van der Waals surface area (Å²) in [6, 6.07) is 13.1. The molecule has 0 radical (unpaired) electrons. The Morgan fingerprint density at radius 1 is 1.04 bits per heavy atom. The zero-order valence-electron chi connectivity index (χ0n) is 12.3. The van der Waals surface area contributed by atoms with Crippen LogP contribution in [-0.4, -0.2) is 24.7 Å². The van der Waals surface area contributed by atoms with Crippen LogP contribution in [0.15, 0.2) is 53.4 Å². The zero-order chi connectivity index (χ0) is 16.8. The maximum atomic E-state index is 12.8. The van der Waals surface area contributed by atoms with Gasteiger partial charge in [0.05, 0.1) is 16.1 Å². The van der Waals surface area contributed by atoms with Gasteiger partial charge in [-0.2, -0.15) is 0 Å². The summed E-state index contributed by atoms with van der Waals surface area (Å²) >= 11 is 5.79. The predicted octanol–water partition coefficient (Wildman–Crippen LogP) is 3.29. The van der Waals surface area contributed by atoms with Crippen LogP contribution in [0.1, 0.15) is 17.0 Å². The lowest BCUT2D eigenvalue weighted by atomic mass is 10.1. The summed E-state index contributed by atoms with van der Waals surface area (Å²) in [5, 5.41) is 8.87. The number of hydrogen-bond acceptors (Lipinski definition) is 3. The molecule has 0 bridgehead atoms. The van der Waals surface area contributed by atoms with Gasteiger partial charge in [-0.1, -0.05) is 41.4 Å². The van der Waals surface area contributed by atoms with Gasteiger partial charge in [0.2, 0.25) is 0 Å².